The van der Waals surface area contributed by atoms with Crippen molar-refractivity contribution >= 4 is 11.9 Å². The molecule has 0 spiro atoms. The highest BCUT2D eigenvalue weighted by molar-refractivity contribution is 5.81. The van der Waals surface area contributed by atoms with Crippen molar-refractivity contribution in [3.8, 4) is 17.2 Å². The van der Waals surface area contributed by atoms with Crippen LogP contribution in [0, 0.1) is 6.92 Å². The number of esters is 1. The van der Waals surface area contributed by atoms with Crippen LogP contribution in [0.3, 0.4) is 0 Å². The normalized spacial score (nSPS) is 17.2. The maximum Gasteiger partial charge on any atom is 0.306 e. The quantitative estimate of drug-likeness (QED) is 0.460. The largest absolute Gasteiger partial charge is 0.494 e. The summed E-state index contributed by atoms with van der Waals surface area (Å²) in [6, 6.07) is 13.5. The minimum absolute atomic E-state index is 0.0419. The molecule has 1 atom stereocenters. The molecule has 32 heavy (non-hydrogen) atoms. The molecule has 7 heteroatoms. The Morgan fingerprint density at radius 3 is 2.78 bits per heavy atom. The molecule has 4 rings (SSSR count). The summed E-state index contributed by atoms with van der Waals surface area (Å²) < 4.78 is 22.1. The van der Waals surface area contributed by atoms with Crippen molar-refractivity contribution in [2.75, 3.05) is 33.0 Å². The fraction of sp³-hybridized carbons (Fsp3) is 0.440. The van der Waals surface area contributed by atoms with E-state index in [1.165, 1.54) is 0 Å². The summed E-state index contributed by atoms with van der Waals surface area (Å²) in [5.41, 5.74) is 2.14. The van der Waals surface area contributed by atoms with Gasteiger partial charge in [-0.1, -0.05) is 18.2 Å². The molecule has 1 saturated heterocycles. The van der Waals surface area contributed by atoms with Crippen molar-refractivity contribution in [1.82, 2.24) is 4.90 Å². The zero-order valence-corrected chi connectivity index (χ0v) is 18.4. The van der Waals surface area contributed by atoms with Gasteiger partial charge in [0.1, 0.15) is 19.0 Å². The first-order chi connectivity index (χ1) is 15.6. The molecule has 2 aliphatic heterocycles. The first-order valence-corrected chi connectivity index (χ1v) is 11.1. The number of aryl methyl sites for hydroxylation is 1. The summed E-state index contributed by atoms with van der Waals surface area (Å²) in [6.07, 6.45) is 2.53. The number of nitrogens with zero attached hydrogens (tertiary/aromatic N) is 1. The Kier molecular flexibility index (Phi) is 7.14. The molecule has 0 N–H and O–H groups in total. The molecule has 0 aromatic heterocycles. The second-order valence-electron chi connectivity index (χ2n) is 8.08. The lowest BCUT2D eigenvalue weighted by atomic mass is 10.0. The molecule has 2 aromatic carbocycles. The van der Waals surface area contributed by atoms with Crippen LogP contribution in [-0.4, -0.2) is 49.7 Å². The highest BCUT2D eigenvalue weighted by Crippen LogP contribution is 2.38. The molecule has 0 saturated carbocycles. The number of amides is 1. The van der Waals surface area contributed by atoms with Crippen molar-refractivity contribution in [1.29, 1.82) is 0 Å². The van der Waals surface area contributed by atoms with E-state index in [2.05, 4.69) is 0 Å². The van der Waals surface area contributed by atoms with Gasteiger partial charge in [0.2, 0.25) is 0 Å². The van der Waals surface area contributed by atoms with E-state index in [0.717, 1.165) is 35.5 Å². The van der Waals surface area contributed by atoms with E-state index in [1.807, 2.05) is 49.4 Å². The molecule has 0 aliphatic carbocycles. The van der Waals surface area contributed by atoms with Crippen LogP contribution >= 0.6 is 0 Å². The Balaban J connectivity index is 1.22. The number of carbonyl (C=O) groups is 2. The monoisotopic (exact) mass is 439 g/mol. The molecule has 2 aromatic rings. The van der Waals surface area contributed by atoms with E-state index in [-0.39, 0.29) is 30.9 Å². The molecule has 1 amide bonds. The molecule has 1 unspecified atom stereocenters. The molecule has 7 nitrogen and oxygen atoms in total. The number of hydrogen-bond donors (Lipinski definition) is 0. The standard InChI is InChI=1S/C25H29NO6/c1-18-5-2-6-20(15-18)29-12-4-8-25(28)32-17-24(27)26-11-3-7-21(26)19-9-10-22-23(16-19)31-14-13-30-22/h2,5-6,9-10,15-16,21H,3-4,7-8,11-14,17H2,1H3. The Morgan fingerprint density at radius 2 is 1.94 bits per heavy atom. The minimum atomic E-state index is -0.388. The minimum Gasteiger partial charge on any atom is -0.494 e. The van der Waals surface area contributed by atoms with Gasteiger partial charge >= 0.3 is 5.97 Å². The summed E-state index contributed by atoms with van der Waals surface area (Å²) in [4.78, 5) is 26.6. The number of ether oxygens (including phenoxy) is 4. The average Bonchev–Trinajstić information content (AvgIpc) is 3.30. The summed E-state index contributed by atoms with van der Waals surface area (Å²) in [7, 11) is 0. The maximum absolute atomic E-state index is 12.7. The highest BCUT2D eigenvalue weighted by atomic mass is 16.6. The van der Waals surface area contributed by atoms with Crippen LogP contribution in [0.5, 0.6) is 17.2 Å². The summed E-state index contributed by atoms with van der Waals surface area (Å²) >= 11 is 0. The third-order valence-electron chi connectivity index (χ3n) is 5.66. The fourth-order valence-electron chi connectivity index (χ4n) is 4.09. The van der Waals surface area contributed by atoms with Crippen molar-refractivity contribution in [2.24, 2.45) is 0 Å². The van der Waals surface area contributed by atoms with E-state index in [4.69, 9.17) is 18.9 Å². The van der Waals surface area contributed by atoms with E-state index in [1.54, 1.807) is 4.90 Å². The smallest absolute Gasteiger partial charge is 0.306 e. The Morgan fingerprint density at radius 1 is 1.09 bits per heavy atom. The zero-order chi connectivity index (χ0) is 22.3. The average molecular weight is 440 g/mol. The molecule has 2 heterocycles. The van der Waals surface area contributed by atoms with Crippen molar-refractivity contribution in [3.63, 3.8) is 0 Å². The number of hydrogen-bond acceptors (Lipinski definition) is 6. The highest BCUT2D eigenvalue weighted by Gasteiger charge is 2.31. The fourth-order valence-corrected chi connectivity index (χ4v) is 4.09. The first-order valence-electron chi connectivity index (χ1n) is 11.1. The molecular weight excluding hydrogens is 410 g/mol. The molecule has 0 radical (unpaired) electrons. The van der Waals surface area contributed by atoms with E-state index < -0.39 is 0 Å². The van der Waals surface area contributed by atoms with Crippen molar-refractivity contribution < 1.29 is 28.5 Å². The third-order valence-corrected chi connectivity index (χ3v) is 5.66. The van der Waals surface area contributed by atoms with E-state index in [9.17, 15) is 9.59 Å². The molecular formula is C25H29NO6. The van der Waals surface area contributed by atoms with Gasteiger partial charge in [-0.05, 0) is 61.6 Å². The lowest BCUT2D eigenvalue weighted by Crippen LogP contribution is -2.34. The molecule has 170 valence electrons. The second-order valence-corrected chi connectivity index (χ2v) is 8.08. The van der Waals surface area contributed by atoms with Crippen molar-refractivity contribution in [3.05, 3.63) is 53.6 Å². The number of rotatable bonds is 8. The van der Waals surface area contributed by atoms with Gasteiger partial charge < -0.3 is 23.8 Å². The summed E-state index contributed by atoms with van der Waals surface area (Å²) in [5.74, 6) is 1.67. The number of carbonyl (C=O) groups excluding carboxylic acids is 2. The first kappa shape index (κ1) is 22.0. The predicted octanol–water partition coefficient (Wildman–Crippen LogP) is 3.83. The van der Waals surface area contributed by atoms with Gasteiger partial charge in [-0.2, -0.15) is 0 Å². The van der Waals surface area contributed by atoms with Crippen LogP contribution in [0.25, 0.3) is 0 Å². The SMILES string of the molecule is Cc1cccc(OCCCC(=O)OCC(=O)N2CCCC2c2ccc3c(c2)OCCO3)c1. The Hall–Kier alpha value is -3.22. The van der Waals surface area contributed by atoms with E-state index in [0.29, 0.717) is 38.5 Å². The zero-order valence-electron chi connectivity index (χ0n) is 18.4. The van der Waals surface area contributed by atoms with Gasteiger partial charge in [-0.15, -0.1) is 0 Å². The van der Waals surface area contributed by atoms with Gasteiger partial charge in [0.05, 0.1) is 12.6 Å². The molecule has 0 bridgehead atoms. The van der Waals surface area contributed by atoms with Crippen LogP contribution in [0.1, 0.15) is 42.9 Å². The van der Waals surface area contributed by atoms with Gasteiger partial charge in [0.25, 0.3) is 5.91 Å². The maximum atomic E-state index is 12.7. The van der Waals surface area contributed by atoms with Gasteiger partial charge in [-0.25, -0.2) is 0 Å². The lowest BCUT2D eigenvalue weighted by molar-refractivity contribution is -0.152. The number of fused-ring (bicyclic) bond motifs is 1. The van der Waals surface area contributed by atoms with Crippen LogP contribution < -0.4 is 14.2 Å². The predicted molar refractivity (Wildman–Crippen MR) is 118 cm³/mol. The van der Waals surface area contributed by atoms with Crippen molar-refractivity contribution in [2.45, 2.75) is 38.6 Å². The number of likely N-dealkylation sites (tertiary alicyclic amines) is 1. The third kappa shape index (κ3) is 5.52. The van der Waals surface area contributed by atoms with Gasteiger partial charge in [0, 0.05) is 13.0 Å². The second kappa shape index (κ2) is 10.4. The van der Waals surface area contributed by atoms with Gasteiger partial charge in [0.15, 0.2) is 18.1 Å². The summed E-state index contributed by atoms with van der Waals surface area (Å²) in [6.45, 7) is 3.91. The van der Waals surface area contributed by atoms with E-state index >= 15 is 0 Å². The topological polar surface area (TPSA) is 74.3 Å². The van der Waals surface area contributed by atoms with Crippen LogP contribution in [0.4, 0.5) is 0 Å². The summed E-state index contributed by atoms with van der Waals surface area (Å²) in [5, 5.41) is 0. The Bertz CT molecular complexity index is 959. The Labute approximate surface area is 188 Å². The van der Waals surface area contributed by atoms with Gasteiger partial charge in [-0.3, -0.25) is 9.59 Å². The van der Waals surface area contributed by atoms with Crippen LogP contribution in [-0.2, 0) is 14.3 Å². The number of benzene rings is 2. The van der Waals surface area contributed by atoms with Crippen LogP contribution in [0.2, 0.25) is 0 Å². The molecule has 1 fully saturated rings. The molecule has 2 aliphatic rings. The van der Waals surface area contributed by atoms with Crippen LogP contribution in [0.15, 0.2) is 42.5 Å². The lowest BCUT2D eigenvalue weighted by Gasteiger charge is -2.26.